The number of hydrazone groups is 1. The summed E-state index contributed by atoms with van der Waals surface area (Å²) >= 11 is 8.27. The summed E-state index contributed by atoms with van der Waals surface area (Å²) in [5.41, 5.74) is 5.34. The van der Waals surface area contributed by atoms with Crippen LogP contribution < -0.4 is 5.43 Å². The van der Waals surface area contributed by atoms with Crippen molar-refractivity contribution in [2.45, 2.75) is 13.8 Å². The number of rotatable bonds is 3. The van der Waals surface area contributed by atoms with E-state index in [1.807, 2.05) is 25.3 Å². The molecule has 0 atom stereocenters. The van der Waals surface area contributed by atoms with E-state index in [0.717, 1.165) is 20.9 Å². The summed E-state index contributed by atoms with van der Waals surface area (Å²) in [7, 11) is 0. The molecule has 0 fully saturated rings. The van der Waals surface area contributed by atoms with E-state index in [4.69, 9.17) is 0 Å². The highest BCUT2D eigenvalue weighted by atomic mass is 79.9. The molecule has 7 heteroatoms. The van der Waals surface area contributed by atoms with Crippen LogP contribution in [-0.2, 0) is 0 Å². The van der Waals surface area contributed by atoms with Crippen molar-refractivity contribution >= 4 is 54.5 Å². The van der Waals surface area contributed by atoms with Gasteiger partial charge in [0, 0.05) is 15.4 Å². The summed E-state index contributed by atoms with van der Waals surface area (Å²) in [6.07, 6.45) is 1.56. The summed E-state index contributed by atoms with van der Waals surface area (Å²) in [6, 6.07) is 1.81. The fourth-order valence-corrected chi connectivity index (χ4v) is 3.17. The Balaban J connectivity index is 2.19. The van der Waals surface area contributed by atoms with E-state index < -0.39 is 0 Å². The molecule has 0 aliphatic rings. The van der Waals surface area contributed by atoms with Crippen LogP contribution in [0.1, 0.15) is 16.8 Å². The van der Waals surface area contributed by atoms with Crippen molar-refractivity contribution in [2.75, 3.05) is 5.43 Å². The number of aromatic nitrogens is 1. The van der Waals surface area contributed by atoms with Gasteiger partial charge < -0.3 is 5.11 Å². The molecule has 0 saturated heterocycles. The minimum atomic E-state index is 0.168. The molecule has 0 saturated carbocycles. The van der Waals surface area contributed by atoms with Gasteiger partial charge in [0.25, 0.3) is 0 Å². The van der Waals surface area contributed by atoms with Crippen molar-refractivity contribution in [3.8, 4) is 5.75 Å². The number of hydrogen-bond acceptors (Lipinski definition) is 5. The van der Waals surface area contributed by atoms with Gasteiger partial charge in [-0.3, -0.25) is 5.43 Å². The molecule has 0 radical (unpaired) electrons. The standard InChI is InChI=1S/C12H11Br2N3OS/c1-6-5-19-12(16-6)17-15-4-8-3-9(13)7(2)10(14)11(8)18/h3-5,18H,1-2H3,(H,16,17). The first-order valence-electron chi connectivity index (χ1n) is 5.38. The maximum Gasteiger partial charge on any atom is 0.203 e. The molecule has 0 unspecified atom stereocenters. The fraction of sp³-hybridized carbons (Fsp3) is 0.167. The number of phenolic OH excluding ortho intramolecular Hbond substituents is 1. The third-order valence-corrected chi connectivity index (χ3v) is 5.09. The van der Waals surface area contributed by atoms with Gasteiger partial charge >= 0.3 is 0 Å². The Morgan fingerprint density at radius 2 is 2.16 bits per heavy atom. The van der Waals surface area contributed by atoms with E-state index >= 15 is 0 Å². The first-order chi connectivity index (χ1) is 8.99. The Kier molecular flexibility index (Phi) is 4.59. The predicted molar refractivity (Wildman–Crippen MR) is 86.3 cm³/mol. The normalized spacial score (nSPS) is 11.2. The van der Waals surface area contributed by atoms with Crippen LogP contribution in [0.15, 0.2) is 25.5 Å². The van der Waals surface area contributed by atoms with Crippen LogP contribution >= 0.6 is 43.2 Å². The summed E-state index contributed by atoms with van der Waals surface area (Å²) in [6.45, 7) is 3.83. The monoisotopic (exact) mass is 403 g/mol. The van der Waals surface area contributed by atoms with Gasteiger partial charge in [-0.25, -0.2) is 4.98 Å². The molecule has 4 nitrogen and oxygen atoms in total. The SMILES string of the molecule is Cc1csc(NN=Cc2cc(Br)c(C)c(Br)c2O)n1. The Morgan fingerprint density at radius 1 is 1.42 bits per heavy atom. The Hall–Kier alpha value is -0.920. The lowest BCUT2D eigenvalue weighted by Gasteiger charge is -2.07. The van der Waals surface area contributed by atoms with E-state index in [1.54, 1.807) is 6.21 Å². The van der Waals surface area contributed by atoms with Gasteiger partial charge in [0.15, 0.2) is 0 Å². The lowest BCUT2D eigenvalue weighted by Crippen LogP contribution is -1.92. The molecule has 0 spiro atoms. The molecule has 0 aliphatic carbocycles. The third kappa shape index (κ3) is 3.34. The zero-order chi connectivity index (χ0) is 14.0. The summed E-state index contributed by atoms with van der Waals surface area (Å²) in [5, 5.41) is 16.7. The Morgan fingerprint density at radius 3 is 2.79 bits per heavy atom. The molecule has 1 heterocycles. The van der Waals surface area contributed by atoms with E-state index in [1.165, 1.54) is 11.3 Å². The fourth-order valence-electron chi connectivity index (χ4n) is 1.38. The number of nitrogens with one attached hydrogen (secondary N) is 1. The van der Waals surface area contributed by atoms with Crippen molar-refractivity contribution in [3.63, 3.8) is 0 Å². The molecular formula is C12H11Br2N3OS. The second-order valence-electron chi connectivity index (χ2n) is 3.90. The topological polar surface area (TPSA) is 57.5 Å². The third-order valence-electron chi connectivity index (χ3n) is 2.43. The van der Waals surface area contributed by atoms with Crippen LogP contribution in [-0.4, -0.2) is 16.3 Å². The number of hydrogen-bond donors (Lipinski definition) is 2. The van der Waals surface area contributed by atoms with E-state index in [2.05, 4.69) is 47.4 Å². The molecule has 100 valence electrons. The number of phenols is 1. The van der Waals surface area contributed by atoms with E-state index in [0.29, 0.717) is 10.0 Å². The van der Waals surface area contributed by atoms with Crippen molar-refractivity contribution in [1.29, 1.82) is 0 Å². The van der Waals surface area contributed by atoms with Gasteiger partial charge in [-0.15, -0.1) is 11.3 Å². The zero-order valence-corrected chi connectivity index (χ0v) is 14.2. The van der Waals surface area contributed by atoms with Gasteiger partial charge in [0.05, 0.1) is 16.4 Å². The van der Waals surface area contributed by atoms with Crippen LogP contribution in [0.3, 0.4) is 0 Å². The highest BCUT2D eigenvalue weighted by molar-refractivity contribution is 9.11. The highest BCUT2D eigenvalue weighted by Gasteiger charge is 2.10. The zero-order valence-electron chi connectivity index (χ0n) is 10.2. The summed E-state index contributed by atoms with van der Waals surface area (Å²) < 4.78 is 1.57. The highest BCUT2D eigenvalue weighted by Crippen LogP contribution is 2.35. The summed E-state index contributed by atoms with van der Waals surface area (Å²) in [4.78, 5) is 4.23. The number of aryl methyl sites for hydroxylation is 1. The van der Waals surface area contributed by atoms with Crippen molar-refractivity contribution in [3.05, 3.63) is 37.2 Å². The number of thiazole rings is 1. The number of benzene rings is 1. The van der Waals surface area contributed by atoms with Gasteiger partial charge in [-0.05, 0) is 41.4 Å². The number of halogens is 2. The van der Waals surface area contributed by atoms with Crippen molar-refractivity contribution < 1.29 is 5.11 Å². The van der Waals surface area contributed by atoms with Crippen LogP contribution in [0.2, 0.25) is 0 Å². The average Bonchev–Trinajstić information content (AvgIpc) is 2.79. The quantitative estimate of drug-likeness (QED) is 0.587. The largest absolute Gasteiger partial charge is 0.506 e. The molecule has 2 aromatic rings. The van der Waals surface area contributed by atoms with Crippen LogP contribution in [0.4, 0.5) is 5.13 Å². The minimum Gasteiger partial charge on any atom is -0.506 e. The maximum atomic E-state index is 10.0. The molecule has 2 rings (SSSR count). The number of nitrogens with zero attached hydrogens (tertiary/aromatic N) is 2. The van der Waals surface area contributed by atoms with Gasteiger partial charge in [-0.1, -0.05) is 15.9 Å². The molecular weight excluding hydrogens is 394 g/mol. The minimum absolute atomic E-state index is 0.168. The molecule has 2 N–H and O–H groups in total. The van der Waals surface area contributed by atoms with Crippen molar-refractivity contribution in [2.24, 2.45) is 5.10 Å². The van der Waals surface area contributed by atoms with Crippen LogP contribution in [0, 0.1) is 13.8 Å². The molecule has 19 heavy (non-hydrogen) atoms. The Labute approximate surface area is 131 Å². The first-order valence-corrected chi connectivity index (χ1v) is 7.84. The maximum absolute atomic E-state index is 10.0. The lowest BCUT2D eigenvalue weighted by molar-refractivity contribution is 0.470. The molecule has 0 aliphatic heterocycles. The molecule has 0 bridgehead atoms. The van der Waals surface area contributed by atoms with Crippen molar-refractivity contribution in [1.82, 2.24) is 4.98 Å². The predicted octanol–water partition coefficient (Wildman–Crippen LogP) is 4.44. The first kappa shape index (κ1) is 14.5. The van der Waals surface area contributed by atoms with E-state index in [-0.39, 0.29) is 5.75 Å². The molecule has 1 aromatic heterocycles. The number of aromatic hydroxyl groups is 1. The Bertz CT molecular complexity index is 640. The second kappa shape index (κ2) is 6.02. The van der Waals surface area contributed by atoms with Crippen LogP contribution in [0.25, 0.3) is 0 Å². The summed E-state index contributed by atoms with van der Waals surface area (Å²) in [5.74, 6) is 0.168. The van der Waals surface area contributed by atoms with Crippen LogP contribution in [0.5, 0.6) is 5.75 Å². The van der Waals surface area contributed by atoms with Gasteiger partial charge in [0.1, 0.15) is 5.75 Å². The lowest BCUT2D eigenvalue weighted by atomic mass is 10.1. The molecule has 0 amide bonds. The van der Waals surface area contributed by atoms with E-state index in [9.17, 15) is 5.11 Å². The average molecular weight is 405 g/mol. The van der Waals surface area contributed by atoms with Gasteiger partial charge in [0.2, 0.25) is 5.13 Å². The smallest absolute Gasteiger partial charge is 0.203 e. The molecule has 1 aromatic carbocycles. The van der Waals surface area contributed by atoms with Gasteiger partial charge in [-0.2, -0.15) is 5.10 Å². The number of anilines is 1. The second-order valence-corrected chi connectivity index (χ2v) is 6.40.